The summed E-state index contributed by atoms with van der Waals surface area (Å²) in [4.78, 5) is 10.8. The van der Waals surface area contributed by atoms with Crippen LogP contribution in [-0.2, 0) is 4.79 Å². The molecule has 0 aromatic heterocycles. The lowest BCUT2D eigenvalue weighted by Crippen LogP contribution is -2.27. The Kier molecular flexibility index (Phi) is 4.33. The van der Waals surface area contributed by atoms with E-state index >= 15 is 0 Å². The smallest absolute Gasteiger partial charge is 0.304 e. The van der Waals surface area contributed by atoms with Gasteiger partial charge in [0.2, 0.25) is 0 Å². The van der Waals surface area contributed by atoms with E-state index in [9.17, 15) is 4.79 Å². The zero-order valence-corrected chi connectivity index (χ0v) is 10.2. The molecule has 16 heavy (non-hydrogen) atoms. The van der Waals surface area contributed by atoms with E-state index < -0.39 is 5.97 Å². The molecule has 1 aromatic rings. The molecule has 0 heterocycles. The Morgan fingerprint density at radius 2 is 2.19 bits per heavy atom. The van der Waals surface area contributed by atoms with Crippen LogP contribution in [0.3, 0.4) is 0 Å². The fourth-order valence-electron chi connectivity index (χ4n) is 1.82. The molecule has 0 aliphatic rings. The van der Waals surface area contributed by atoms with Crippen LogP contribution in [0.25, 0.3) is 0 Å². The Morgan fingerprint density at radius 1 is 1.56 bits per heavy atom. The van der Waals surface area contributed by atoms with Crippen LogP contribution < -0.4 is 5.73 Å². The summed E-state index contributed by atoms with van der Waals surface area (Å²) < 4.78 is 0. The number of carbonyl (C=O) groups is 1. The molecule has 1 rings (SSSR count). The summed E-state index contributed by atoms with van der Waals surface area (Å²) in [6.07, 6.45) is 0.0418. The molecule has 0 saturated carbocycles. The lowest BCUT2D eigenvalue weighted by Gasteiger charge is -2.21. The highest BCUT2D eigenvalue weighted by Gasteiger charge is 2.21. The Hall–Kier alpha value is -1.06. The lowest BCUT2D eigenvalue weighted by molar-refractivity contribution is -0.137. The van der Waals surface area contributed by atoms with Gasteiger partial charge in [0.25, 0.3) is 0 Å². The number of carboxylic acids is 1. The third-order valence-corrected chi connectivity index (χ3v) is 2.90. The molecule has 0 aliphatic heterocycles. The number of hydrogen-bond donors (Lipinski definition) is 2. The molecule has 88 valence electrons. The van der Waals surface area contributed by atoms with Crippen molar-refractivity contribution in [3.63, 3.8) is 0 Å². The van der Waals surface area contributed by atoms with Crippen LogP contribution in [0, 0.1) is 6.92 Å². The van der Waals surface area contributed by atoms with Gasteiger partial charge in [-0.2, -0.15) is 0 Å². The Bertz CT molecular complexity index is 391. The number of carboxylic acid groups (broad SMARTS) is 1. The molecule has 0 amide bonds. The molecule has 1 aromatic carbocycles. The summed E-state index contributed by atoms with van der Waals surface area (Å²) in [6, 6.07) is 5.25. The molecule has 3 N–H and O–H groups in total. The summed E-state index contributed by atoms with van der Waals surface area (Å²) in [5.41, 5.74) is 7.77. The number of halogens is 1. The molecule has 0 saturated heterocycles. The van der Waals surface area contributed by atoms with Crippen LogP contribution in [0.15, 0.2) is 18.2 Å². The van der Waals surface area contributed by atoms with Gasteiger partial charge in [0.15, 0.2) is 0 Å². The van der Waals surface area contributed by atoms with Gasteiger partial charge in [-0.05, 0) is 37.1 Å². The highest BCUT2D eigenvalue weighted by molar-refractivity contribution is 6.30. The van der Waals surface area contributed by atoms with Crippen LogP contribution in [0.4, 0.5) is 0 Å². The minimum Gasteiger partial charge on any atom is -0.481 e. The predicted octanol–water partition coefficient (Wildman–Crippen LogP) is 2.55. The Morgan fingerprint density at radius 3 is 2.62 bits per heavy atom. The maximum Gasteiger partial charge on any atom is 0.304 e. The van der Waals surface area contributed by atoms with Crippen molar-refractivity contribution in [1.29, 1.82) is 0 Å². The van der Waals surface area contributed by atoms with Gasteiger partial charge in [-0.1, -0.05) is 17.7 Å². The third kappa shape index (κ3) is 3.22. The van der Waals surface area contributed by atoms with Crippen molar-refractivity contribution in [2.45, 2.75) is 32.2 Å². The van der Waals surface area contributed by atoms with Crippen molar-refractivity contribution in [1.82, 2.24) is 0 Å². The van der Waals surface area contributed by atoms with Crippen molar-refractivity contribution >= 4 is 17.6 Å². The summed E-state index contributed by atoms with van der Waals surface area (Å²) in [5.74, 6) is -1.01. The van der Waals surface area contributed by atoms with E-state index in [-0.39, 0.29) is 18.4 Å². The van der Waals surface area contributed by atoms with Gasteiger partial charge in [0.05, 0.1) is 6.42 Å². The van der Waals surface area contributed by atoms with Crippen LogP contribution in [0.1, 0.15) is 30.4 Å². The van der Waals surface area contributed by atoms with Crippen molar-refractivity contribution in [3.8, 4) is 0 Å². The average molecular weight is 242 g/mol. The van der Waals surface area contributed by atoms with E-state index in [1.54, 1.807) is 6.07 Å². The van der Waals surface area contributed by atoms with Gasteiger partial charge in [0, 0.05) is 17.0 Å². The predicted molar refractivity (Wildman–Crippen MR) is 64.8 cm³/mol. The van der Waals surface area contributed by atoms with E-state index in [0.29, 0.717) is 5.02 Å². The fourth-order valence-corrected chi connectivity index (χ4v) is 2.05. The minimum absolute atomic E-state index is 0.0418. The zero-order valence-electron chi connectivity index (χ0n) is 9.40. The van der Waals surface area contributed by atoms with Crippen molar-refractivity contribution < 1.29 is 9.90 Å². The van der Waals surface area contributed by atoms with Gasteiger partial charge >= 0.3 is 5.97 Å². The summed E-state index contributed by atoms with van der Waals surface area (Å²) >= 11 is 5.86. The van der Waals surface area contributed by atoms with Crippen LogP contribution >= 0.6 is 11.6 Å². The van der Waals surface area contributed by atoms with Crippen LogP contribution in [0.5, 0.6) is 0 Å². The van der Waals surface area contributed by atoms with Gasteiger partial charge in [-0.25, -0.2) is 0 Å². The van der Waals surface area contributed by atoms with Gasteiger partial charge in [-0.15, -0.1) is 0 Å². The minimum atomic E-state index is -0.836. The Balaban J connectivity index is 3.05. The number of aliphatic carboxylic acids is 1. The number of hydrogen-bond acceptors (Lipinski definition) is 2. The molecular weight excluding hydrogens is 226 g/mol. The average Bonchev–Trinajstić information content (AvgIpc) is 2.14. The van der Waals surface area contributed by atoms with Crippen LogP contribution in [0.2, 0.25) is 5.02 Å². The molecule has 0 radical (unpaired) electrons. The maximum absolute atomic E-state index is 10.8. The molecule has 0 fully saturated rings. The third-order valence-electron chi connectivity index (χ3n) is 2.66. The molecule has 2 atom stereocenters. The summed E-state index contributed by atoms with van der Waals surface area (Å²) in [6.45, 7) is 3.74. The first-order valence-corrected chi connectivity index (χ1v) is 5.53. The summed E-state index contributed by atoms with van der Waals surface area (Å²) in [5, 5.41) is 9.51. The van der Waals surface area contributed by atoms with Crippen molar-refractivity contribution in [2.24, 2.45) is 5.73 Å². The second-order valence-corrected chi connectivity index (χ2v) is 4.50. The first-order chi connectivity index (χ1) is 7.41. The molecule has 0 bridgehead atoms. The number of aryl methyl sites for hydroxylation is 1. The lowest BCUT2D eigenvalue weighted by atomic mass is 9.87. The van der Waals surface area contributed by atoms with E-state index in [1.165, 1.54) is 0 Å². The largest absolute Gasteiger partial charge is 0.481 e. The number of rotatable bonds is 4. The standard InChI is InChI=1S/C12H16ClNO2/c1-7-5-9(13)3-4-10(7)11(8(2)14)6-12(15)16/h3-5,8,11H,6,14H2,1-2H3,(H,15,16). The van der Waals surface area contributed by atoms with Crippen molar-refractivity contribution in [2.75, 3.05) is 0 Å². The van der Waals surface area contributed by atoms with E-state index in [0.717, 1.165) is 11.1 Å². The van der Waals surface area contributed by atoms with E-state index in [4.69, 9.17) is 22.4 Å². The molecular formula is C12H16ClNO2. The first-order valence-electron chi connectivity index (χ1n) is 5.15. The molecule has 0 aliphatic carbocycles. The highest BCUT2D eigenvalue weighted by Crippen LogP contribution is 2.27. The van der Waals surface area contributed by atoms with Gasteiger partial charge < -0.3 is 10.8 Å². The molecule has 2 unspecified atom stereocenters. The number of benzene rings is 1. The SMILES string of the molecule is Cc1cc(Cl)ccc1C(CC(=O)O)C(C)N. The molecule has 3 nitrogen and oxygen atoms in total. The number of nitrogens with two attached hydrogens (primary N) is 1. The second kappa shape index (κ2) is 5.32. The van der Waals surface area contributed by atoms with E-state index in [1.807, 2.05) is 26.0 Å². The molecule has 4 heteroatoms. The maximum atomic E-state index is 10.8. The topological polar surface area (TPSA) is 63.3 Å². The quantitative estimate of drug-likeness (QED) is 0.852. The first kappa shape index (κ1) is 13.0. The normalized spacial score (nSPS) is 14.5. The summed E-state index contributed by atoms with van der Waals surface area (Å²) in [7, 11) is 0. The van der Waals surface area contributed by atoms with Crippen molar-refractivity contribution in [3.05, 3.63) is 34.3 Å². The Labute approximate surface area is 100 Å². The molecule has 0 spiro atoms. The highest BCUT2D eigenvalue weighted by atomic mass is 35.5. The van der Waals surface area contributed by atoms with Gasteiger partial charge in [-0.3, -0.25) is 4.79 Å². The van der Waals surface area contributed by atoms with E-state index in [2.05, 4.69) is 0 Å². The van der Waals surface area contributed by atoms with Crippen LogP contribution in [-0.4, -0.2) is 17.1 Å². The fraction of sp³-hybridized carbons (Fsp3) is 0.417. The monoisotopic (exact) mass is 241 g/mol. The zero-order chi connectivity index (χ0) is 12.3. The van der Waals surface area contributed by atoms with Gasteiger partial charge in [0.1, 0.15) is 0 Å². The second-order valence-electron chi connectivity index (χ2n) is 4.06.